The van der Waals surface area contributed by atoms with Crippen molar-refractivity contribution in [3.8, 4) is 5.75 Å². The van der Waals surface area contributed by atoms with Gasteiger partial charge >= 0.3 is 12.1 Å². The molecule has 33 heavy (non-hydrogen) atoms. The third-order valence-electron chi connectivity index (χ3n) is 6.26. The molecule has 0 saturated carbocycles. The van der Waals surface area contributed by atoms with Crippen molar-refractivity contribution in [2.24, 2.45) is 0 Å². The van der Waals surface area contributed by atoms with E-state index in [1.54, 1.807) is 7.11 Å². The minimum atomic E-state index is -1.94. The molecule has 10 heteroatoms. The van der Waals surface area contributed by atoms with Gasteiger partial charge in [0.1, 0.15) is 10.9 Å². The number of benzene rings is 1. The number of carboxylic acid groups (broad SMARTS) is 2. The normalized spacial score (nSPS) is 22.4. The largest absolute Gasteiger partial charge is 0.497 e. The lowest BCUT2D eigenvalue weighted by atomic mass is 9.83. The lowest BCUT2D eigenvalue weighted by molar-refractivity contribution is -0.151. The van der Waals surface area contributed by atoms with E-state index in [-0.39, 0.29) is 13.0 Å². The third-order valence-corrected chi connectivity index (χ3v) is 6.59. The lowest BCUT2D eigenvalue weighted by Gasteiger charge is -2.31. The first kappa shape index (κ1) is 24.8. The second kappa shape index (κ2) is 9.94. The van der Waals surface area contributed by atoms with Gasteiger partial charge in [-0.05, 0) is 49.1 Å². The number of aliphatic hydroxyl groups excluding tert-OH is 1. The highest BCUT2D eigenvalue weighted by Crippen LogP contribution is 2.39. The van der Waals surface area contributed by atoms with Crippen molar-refractivity contribution in [3.63, 3.8) is 0 Å². The molecule has 1 aliphatic heterocycles. The molecule has 1 amide bonds. The molecule has 1 fully saturated rings. The van der Waals surface area contributed by atoms with Crippen LogP contribution in [0.5, 0.6) is 5.75 Å². The Labute approximate surface area is 197 Å². The number of halogens is 1. The van der Waals surface area contributed by atoms with Crippen LogP contribution in [0.25, 0.3) is 0 Å². The quantitative estimate of drug-likeness (QED) is 0.405. The van der Waals surface area contributed by atoms with E-state index in [1.165, 1.54) is 0 Å². The monoisotopic (exact) mass is 477 g/mol. The van der Waals surface area contributed by atoms with Gasteiger partial charge in [0.2, 0.25) is 0 Å². The molecule has 1 aromatic carbocycles. The van der Waals surface area contributed by atoms with Crippen LogP contribution in [0.15, 0.2) is 36.4 Å². The molecule has 4 N–H and O–H groups in total. The maximum Gasteiger partial charge on any atom is 0.408 e. The molecule has 1 unspecified atom stereocenters. The highest BCUT2D eigenvalue weighted by atomic mass is 35.5. The van der Waals surface area contributed by atoms with Gasteiger partial charge in [-0.3, -0.25) is 4.90 Å². The van der Waals surface area contributed by atoms with Crippen molar-refractivity contribution in [2.45, 2.75) is 43.8 Å². The summed E-state index contributed by atoms with van der Waals surface area (Å²) in [5, 5.41) is 33.4. The van der Waals surface area contributed by atoms with E-state index in [0.29, 0.717) is 30.3 Å². The molecule has 2 heterocycles. The number of likely N-dealkylation sites (tertiary alicyclic amines) is 1. The molecule has 1 aliphatic rings. The Morgan fingerprint density at radius 3 is 2.42 bits per heavy atom. The van der Waals surface area contributed by atoms with Gasteiger partial charge in [0.15, 0.2) is 5.54 Å². The molecule has 178 valence electrons. The van der Waals surface area contributed by atoms with Crippen LogP contribution in [0, 0.1) is 6.92 Å². The third kappa shape index (κ3) is 5.21. The molecule has 2 atom stereocenters. The number of hydrogen-bond donors (Lipinski definition) is 4. The summed E-state index contributed by atoms with van der Waals surface area (Å²) >= 11 is 6.29. The second-order valence-corrected chi connectivity index (χ2v) is 8.78. The highest BCUT2D eigenvalue weighted by Gasteiger charge is 2.59. The average Bonchev–Trinajstić information content (AvgIpc) is 3.14. The number of carbonyl (C=O) groups is 2. The second-order valence-electron chi connectivity index (χ2n) is 8.42. The Hall–Kier alpha value is -2.88. The molecule has 2 aromatic rings. The Morgan fingerprint density at radius 1 is 1.21 bits per heavy atom. The summed E-state index contributed by atoms with van der Waals surface area (Å²) in [6, 6.07) is 11.1. The zero-order valence-corrected chi connectivity index (χ0v) is 19.3. The molecule has 9 nitrogen and oxygen atoms in total. The summed E-state index contributed by atoms with van der Waals surface area (Å²) in [5.41, 5.74) is -0.364. The predicted octanol–water partition coefficient (Wildman–Crippen LogP) is 2.71. The summed E-state index contributed by atoms with van der Waals surface area (Å²) in [6.45, 7) is 1.28. The van der Waals surface area contributed by atoms with Gasteiger partial charge in [-0.25, -0.2) is 14.6 Å². The van der Waals surface area contributed by atoms with Crippen molar-refractivity contribution < 1.29 is 29.6 Å². The first-order valence-corrected chi connectivity index (χ1v) is 10.9. The number of nitrogens with one attached hydrogen (secondary N) is 1. The zero-order chi connectivity index (χ0) is 24.2. The van der Waals surface area contributed by atoms with Crippen LogP contribution in [0.4, 0.5) is 4.79 Å². The Bertz CT molecular complexity index is 1020. The number of amides is 1. The van der Waals surface area contributed by atoms with Crippen LogP contribution in [0.1, 0.15) is 29.7 Å². The smallest absolute Gasteiger partial charge is 0.408 e. The summed E-state index contributed by atoms with van der Waals surface area (Å²) in [7, 11) is 1.58. The minimum Gasteiger partial charge on any atom is -0.497 e. The molecule has 1 saturated heterocycles. The summed E-state index contributed by atoms with van der Waals surface area (Å²) in [5.74, 6) is -0.673. The highest BCUT2D eigenvalue weighted by molar-refractivity contribution is 6.30. The van der Waals surface area contributed by atoms with E-state index in [1.807, 2.05) is 43.3 Å². The van der Waals surface area contributed by atoms with E-state index in [0.717, 1.165) is 21.7 Å². The number of nitrogens with zero attached hydrogens (tertiary/aromatic N) is 2. The maximum atomic E-state index is 12.1. The molecule has 1 aromatic heterocycles. The molecule has 0 radical (unpaired) electrons. The first-order chi connectivity index (χ1) is 15.6. The number of pyridine rings is 1. The first-order valence-electron chi connectivity index (χ1n) is 10.5. The van der Waals surface area contributed by atoms with E-state index in [9.17, 15) is 24.9 Å². The molecule has 0 bridgehead atoms. The van der Waals surface area contributed by atoms with Gasteiger partial charge in [-0.15, -0.1) is 0 Å². The van der Waals surface area contributed by atoms with E-state index < -0.39 is 29.7 Å². The van der Waals surface area contributed by atoms with Crippen LogP contribution >= 0.6 is 11.6 Å². The van der Waals surface area contributed by atoms with Gasteiger partial charge in [0, 0.05) is 30.7 Å². The fraction of sp³-hybridized carbons (Fsp3) is 0.435. The number of ether oxygens (including phenoxy) is 1. The van der Waals surface area contributed by atoms with Crippen LogP contribution in [-0.2, 0) is 17.8 Å². The molecule has 0 aliphatic carbocycles. The Balaban J connectivity index is 1.90. The van der Waals surface area contributed by atoms with E-state index in [2.05, 4.69) is 10.3 Å². The number of carboxylic acids is 1. The standard InChI is InChI=1S/C23H28ClN3O6/c1-15-3-6-17(19(24)26-15)9-10-22(25-11-16-4-7-18(33-2)8-5-16)12-23(14-28,20(29)30)27(13-22)21(31)32/h3-8,25,28H,9-14H2,1-2H3,(H,29,30)(H,31,32)/t22?,23-/m1/s1. The van der Waals surface area contributed by atoms with Crippen molar-refractivity contribution >= 4 is 23.7 Å². The van der Waals surface area contributed by atoms with Crippen LogP contribution in [0.2, 0.25) is 5.15 Å². The van der Waals surface area contributed by atoms with E-state index in [4.69, 9.17) is 16.3 Å². The number of hydrogen-bond acceptors (Lipinski definition) is 6. The van der Waals surface area contributed by atoms with Crippen molar-refractivity contribution in [1.82, 2.24) is 15.2 Å². The van der Waals surface area contributed by atoms with Crippen LogP contribution in [0.3, 0.4) is 0 Å². The summed E-state index contributed by atoms with van der Waals surface area (Å²) in [4.78, 5) is 29.2. The molecule has 3 rings (SSSR count). The van der Waals surface area contributed by atoms with Crippen molar-refractivity contribution in [1.29, 1.82) is 0 Å². The lowest BCUT2D eigenvalue weighted by Crippen LogP contribution is -2.55. The maximum absolute atomic E-state index is 12.1. The Morgan fingerprint density at radius 2 is 1.91 bits per heavy atom. The van der Waals surface area contributed by atoms with Crippen molar-refractivity contribution in [3.05, 3.63) is 58.4 Å². The summed E-state index contributed by atoms with van der Waals surface area (Å²) < 4.78 is 5.18. The minimum absolute atomic E-state index is 0.0921. The van der Waals surface area contributed by atoms with Gasteiger partial charge < -0.3 is 25.4 Å². The van der Waals surface area contributed by atoms with Crippen LogP contribution < -0.4 is 10.1 Å². The van der Waals surface area contributed by atoms with Crippen molar-refractivity contribution in [2.75, 3.05) is 20.3 Å². The zero-order valence-electron chi connectivity index (χ0n) is 18.5. The number of rotatable bonds is 9. The summed E-state index contributed by atoms with van der Waals surface area (Å²) in [6.07, 6.45) is -0.636. The average molecular weight is 478 g/mol. The fourth-order valence-electron chi connectivity index (χ4n) is 4.34. The molecular weight excluding hydrogens is 450 g/mol. The molecule has 0 spiro atoms. The van der Waals surface area contributed by atoms with Gasteiger partial charge in [0.25, 0.3) is 0 Å². The fourth-order valence-corrected chi connectivity index (χ4v) is 4.63. The van der Waals surface area contributed by atoms with E-state index >= 15 is 0 Å². The number of aliphatic carboxylic acids is 1. The van der Waals surface area contributed by atoms with Gasteiger partial charge in [0.05, 0.1) is 13.7 Å². The number of aromatic nitrogens is 1. The van der Waals surface area contributed by atoms with Gasteiger partial charge in [-0.2, -0.15) is 0 Å². The number of aliphatic hydroxyl groups is 1. The molecular formula is C23H28ClN3O6. The number of methoxy groups -OCH3 is 1. The van der Waals surface area contributed by atoms with Gasteiger partial charge in [-0.1, -0.05) is 29.8 Å². The van der Waals surface area contributed by atoms with Crippen LogP contribution in [-0.4, -0.2) is 68.6 Å². The number of aryl methyl sites for hydroxylation is 2. The Kier molecular flexibility index (Phi) is 7.46. The SMILES string of the molecule is COc1ccc(CNC2(CCc3ccc(C)nc3Cl)CN(C(=O)O)[C@](CO)(C(=O)O)C2)cc1. The topological polar surface area (TPSA) is 132 Å². The predicted molar refractivity (Wildman–Crippen MR) is 122 cm³/mol.